The van der Waals surface area contributed by atoms with Gasteiger partial charge in [-0.3, -0.25) is 19.3 Å². The van der Waals surface area contributed by atoms with Crippen LogP contribution in [0.2, 0.25) is 0 Å². The molecule has 0 saturated heterocycles. The molecule has 0 saturated carbocycles. The van der Waals surface area contributed by atoms with Gasteiger partial charge in [-0.1, -0.05) is 0 Å². The molecule has 0 aromatic rings. The Kier molecular flexibility index (Phi) is 6.21. The van der Waals surface area contributed by atoms with E-state index in [1.165, 1.54) is 0 Å². The van der Waals surface area contributed by atoms with E-state index in [9.17, 15) is 24.3 Å². The number of aliphatic carboxylic acids is 1. The van der Waals surface area contributed by atoms with Gasteiger partial charge in [-0.25, -0.2) is 4.79 Å². The van der Waals surface area contributed by atoms with Crippen molar-refractivity contribution in [3.05, 3.63) is 0 Å². The van der Waals surface area contributed by atoms with Crippen LogP contribution in [-0.4, -0.2) is 70.5 Å². The maximum absolute atomic E-state index is 11.7. The summed E-state index contributed by atoms with van der Waals surface area (Å²) in [6.45, 7) is -3.59. The summed E-state index contributed by atoms with van der Waals surface area (Å²) < 4.78 is 0. The lowest BCUT2D eigenvalue weighted by molar-refractivity contribution is -0.172. The number of ketones is 1. The van der Waals surface area contributed by atoms with Crippen LogP contribution in [-0.2, 0) is 19.2 Å². The van der Waals surface area contributed by atoms with Crippen LogP contribution in [0.15, 0.2) is 0 Å². The van der Waals surface area contributed by atoms with Crippen LogP contribution in [0, 0.1) is 0 Å². The van der Waals surface area contributed by atoms with Crippen molar-refractivity contribution < 1.29 is 29.4 Å². The number of aliphatic hydroxyl groups is 1. The number of carbonyl (C=O) groups is 4. The van der Waals surface area contributed by atoms with E-state index in [1.54, 1.807) is 0 Å². The van der Waals surface area contributed by atoms with Crippen molar-refractivity contribution in [3.8, 4) is 0 Å². The zero-order valence-corrected chi connectivity index (χ0v) is 10.0. The molecule has 0 aliphatic carbocycles. The zero-order chi connectivity index (χ0) is 15.2. The van der Waals surface area contributed by atoms with E-state index in [1.807, 2.05) is 0 Å². The summed E-state index contributed by atoms with van der Waals surface area (Å²) in [6, 6.07) is 0. The van der Waals surface area contributed by atoms with E-state index in [2.05, 4.69) is 0 Å². The Morgan fingerprint density at radius 2 is 1.37 bits per heavy atom. The van der Waals surface area contributed by atoms with Crippen molar-refractivity contribution in [1.82, 2.24) is 4.90 Å². The van der Waals surface area contributed by atoms with E-state index in [4.69, 9.17) is 22.3 Å². The molecule has 1 unspecified atom stereocenters. The highest BCUT2D eigenvalue weighted by molar-refractivity contribution is 6.16. The third kappa shape index (κ3) is 2.93. The Morgan fingerprint density at radius 1 is 0.947 bits per heavy atom. The molecule has 0 heterocycles. The molecule has 0 aliphatic rings. The van der Waals surface area contributed by atoms with Gasteiger partial charge in [0.05, 0.1) is 26.2 Å². The molecule has 0 fully saturated rings. The summed E-state index contributed by atoms with van der Waals surface area (Å²) in [4.78, 5) is 46.2. The topological polar surface area (TPSA) is 190 Å². The van der Waals surface area contributed by atoms with Crippen LogP contribution in [0.25, 0.3) is 0 Å². The van der Waals surface area contributed by atoms with Crippen LogP contribution in [0.4, 0.5) is 0 Å². The third-order valence-corrected chi connectivity index (χ3v) is 2.46. The monoisotopic (exact) mass is 276 g/mol. The molecule has 10 nitrogen and oxygen atoms in total. The average molecular weight is 276 g/mol. The number of hydrogen-bond donors (Lipinski definition) is 5. The molecular formula is C9H16N4O6. The number of carbonyl (C=O) groups excluding carboxylic acids is 3. The van der Waals surface area contributed by atoms with Gasteiger partial charge in [0.1, 0.15) is 0 Å². The van der Waals surface area contributed by atoms with Crippen LogP contribution in [0.3, 0.4) is 0 Å². The Balaban J connectivity index is 6.02. The summed E-state index contributed by atoms with van der Waals surface area (Å²) in [7, 11) is 0. The SMILES string of the molecule is NCC(=O)N(C(=O)CN)C(CO)(C(=O)O)C(=O)CN. The Labute approximate surface area is 108 Å². The molecule has 0 bridgehead atoms. The lowest BCUT2D eigenvalue weighted by Gasteiger charge is -2.35. The first kappa shape index (κ1) is 17.1. The second-order valence-electron chi connectivity index (χ2n) is 3.48. The van der Waals surface area contributed by atoms with E-state index < -0.39 is 55.3 Å². The highest BCUT2D eigenvalue weighted by Crippen LogP contribution is 2.18. The van der Waals surface area contributed by atoms with Crippen molar-refractivity contribution in [2.45, 2.75) is 5.54 Å². The standard InChI is InChI=1S/C9H16N4O6/c10-1-5(15)9(4-14,8(18)19)13(6(16)2-11)7(17)3-12/h14H,1-4,10-12H2,(H,18,19). The molecule has 0 aromatic heterocycles. The summed E-state index contributed by atoms with van der Waals surface area (Å²) in [5.74, 6) is -5.43. The Bertz CT molecular complexity index is 382. The van der Waals surface area contributed by atoms with Gasteiger partial charge >= 0.3 is 5.97 Å². The molecule has 19 heavy (non-hydrogen) atoms. The number of carboxylic acids is 1. The summed E-state index contributed by atoms with van der Waals surface area (Å²) in [5.41, 5.74) is 12.4. The Morgan fingerprint density at radius 3 is 1.58 bits per heavy atom. The number of Topliss-reactive ketones (excluding diaryl/α,β-unsaturated/α-hetero) is 1. The summed E-state index contributed by atoms with van der Waals surface area (Å²) >= 11 is 0. The first-order chi connectivity index (χ1) is 8.83. The van der Waals surface area contributed by atoms with Crippen LogP contribution in [0.5, 0.6) is 0 Å². The number of imide groups is 1. The molecule has 0 spiro atoms. The van der Waals surface area contributed by atoms with Gasteiger partial charge in [0.25, 0.3) is 0 Å². The number of amides is 2. The summed E-state index contributed by atoms with van der Waals surface area (Å²) in [6.07, 6.45) is 0. The fourth-order valence-electron chi connectivity index (χ4n) is 1.48. The van der Waals surface area contributed by atoms with Crippen molar-refractivity contribution in [1.29, 1.82) is 0 Å². The first-order valence-electron chi connectivity index (χ1n) is 5.17. The minimum atomic E-state index is -2.80. The number of nitrogens with zero attached hydrogens (tertiary/aromatic N) is 1. The predicted molar refractivity (Wildman–Crippen MR) is 61.5 cm³/mol. The fourth-order valence-corrected chi connectivity index (χ4v) is 1.48. The molecule has 10 heteroatoms. The van der Waals surface area contributed by atoms with Gasteiger partial charge in [0.15, 0.2) is 5.78 Å². The number of aliphatic hydroxyl groups excluding tert-OH is 1. The molecular weight excluding hydrogens is 260 g/mol. The summed E-state index contributed by atoms with van der Waals surface area (Å²) in [5, 5.41) is 18.3. The molecule has 1 atom stereocenters. The minimum Gasteiger partial charge on any atom is -0.479 e. The van der Waals surface area contributed by atoms with E-state index in [0.717, 1.165) is 0 Å². The molecule has 108 valence electrons. The number of hydrogen-bond acceptors (Lipinski definition) is 8. The van der Waals surface area contributed by atoms with Gasteiger partial charge in [0.2, 0.25) is 17.4 Å². The highest BCUT2D eigenvalue weighted by Gasteiger charge is 2.54. The zero-order valence-electron chi connectivity index (χ0n) is 10.0. The number of rotatable bonds is 7. The van der Waals surface area contributed by atoms with Crippen molar-refractivity contribution in [2.24, 2.45) is 17.2 Å². The predicted octanol–water partition coefficient (Wildman–Crippen LogP) is -4.40. The molecule has 0 aromatic carbocycles. The molecule has 2 amide bonds. The second-order valence-corrected chi connectivity index (χ2v) is 3.48. The smallest absolute Gasteiger partial charge is 0.340 e. The van der Waals surface area contributed by atoms with E-state index >= 15 is 0 Å². The normalized spacial score (nSPS) is 13.5. The minimum absolute atomic E-state index is 0.0600. The van der Waals surface area contributed by atoms with Crippen molar-refractivity contribution in [2.75, 3.05) is 26.2 Å². The van der Waals surface area contributed by atoms with Gasteiger partial charge in [-0.2, -0.15) is 0 Å². The molecule has 0 aliphatic heterocycles. The highest BCUT2D eigenvalue weighted by atomic mass is 16.4. The maximum Gasteiger partial charge on any atom is 0.340 e. The van der Waals surface area contributed by atoms with Gasteiger partial charge in [-0.05, 0) is 0 Å². The third-order valence-electron chi connectivity index (χ3n) is 2.46. The number of nitrogens with two attached hydrogens (primary N) is 3. The largest absolute Gasteiger partial charge is 0.479 e. The lowest BCUT2D eigenvalue weighted by atomic mass is 9.91. The van der Waals surface area contributed by atoms with Crippen LogP contribution >= 0.6 is 0 Å². The Hall–Kier alpha value is -1.88. The second kappa shape index (κ2) is 6.89. The van der Waals surface area contributed by atoms with Crippen molar-refractivity contribution >= 4 is 23.6 Å². The molecule has 8 N–H and O–H groups in total. The van der Waals surface area contributed by atoms with Gasteiger partial charge in [0, 0.05) is 0 Å². The quantitative estimate of drug-likeness (QED) is 0.286. The lowest BCUT2D eigenvalue weighted by Crippen LogP contribution is -2.69. The molecule has 0 radical (unpaired) electrons. The van der Waals surface area contributed by atoms with Gasteiger partial charge in [-0.15, -0.1) is 0 Å². The maximum atomic E-state index is 11.7. The first-order valence-corrected chi connectivity index (χ1v) is 5.17. The molecule has 0 rings (SSSR count). The van der Waals surface area contributed by atoms with E-state index in [-0.39, 0.29) is 4.90 Å². The fraction of sp³-hybridized carbons (Fsp3) is 0.556. The van der Waals surface area contributed by atoms with Crippen molar-refractivity contribution in [3.63, 3.8) is 0 Å². The van der Waals surface area contributed by atoms with Gasteiger partial charge < -0.3 is 27.4 Å². The van der Waals surface area contributed by atoms with Crippen LogP contribution in [0.1, 0.15) is 0 Å². The van der Waals surface area contributed by atoms with E-state index in [0.29, 0.717) is 0 Å². The average Bonchev–Trinajstić information content (AvgIpc) is 2.41. The van der Waals surface area contributed by atoms with Crippen LogP contribution < -0.4 is 17.2 Å². The number of carboxylic acid groups (broad SMARTS) is 1.